The topological polar surface area (TPSA) is 62.0 Å². The SMILES string of the molecule is Cc1cc(=O)c(C(=O)Nc2ccc(Cl)cc2Br)c[nH]1. The van der Waals surface area contributed by atoms with Crippen molar-refractivity contribution in [1.29, 1.82) is 0 Å². The van der Waals surface area contributed by atoms with Gasteiger partial charge in [0.05, 0.1) is 5.69 Å². The van der Waals surface area contributed by atoms with E-state index >= 15 is 0 Å². The van der Waals surface area contributed by atoms with Crippen LogP contribution < -0.4 is 10.7 Å². The Morgan fingerprint density at radius 3 is 2.74 bits per heavy atom. The lowest BCUT2D eigenvalue weighted by Crippen LogP contribution is -2.21. The van der Waals surface area contributed by atoms with Gasteiger partial charge in [-0.05, 0) is 41.1 Å². The molecule has 1 aromatic heterocycles. The van der Waals surface area contributed by atoms with Gasteiger partial charge in [0.15, 0.2) is 5.43 Å². The molecule has 0 unspecified atom stereocenters. The molecule has 2 aromatic rings. The van der Waals surface area contributed by atoms with E-state index in [1.165, 1.54) is 12.3 Å². The predicted octanol–water partition coefficient (Wildman–Crippen LogP) is 3.35. The van der Waals surface area contributed by atoms with Crippen molar-refractivity contribution >= 4 is 39.1 Å². The van der Waals surface area contributed by atoms with Gasteiger partial charge < -0.3 is 10.3 Å². The van der Waals surface area contributed by atoms with Crippen LogP contribution in [0.15, 0.2) is 39.7 Å². The molecule has 1 amide bonds. The van der Waals surface area contributed by atoms with Crippen molar-refractivity contribution < 1.29 is 4.79 Å². The number of nitrogens with one attached hydrogen (secondary N) is 2. The summed E-state index contributed by atoms with van der Waals surface area (Å²) in [6.45, 7) is 1.75. The first kappa shape index (κ1) is 13.8. The lowest BCUT2D eigenvalue weighted by atomic mass is 10.2. The van der Waals surface area contributed by atoms with E-state index in [4.69, 9.17) is 11.6 Å². The molecule has 6 heteroatoms. The molecular formula is C13H10BrClN2O2. The number of anilines is 1. The van der Waals surface area contributed by atoms with Crippen LogP contribution in [-0.4, -0.2) is 10.9 Å². The quantitative estimate of drug-likeness (QED) is 0.880. The van der Waals surface area contributed by atoms with Gasteiger partial charge in [0.2, 0.25) is 0 Å². The summed E-state index contributed by atoms with van der Waals surface area (Å²) in [5.41, 5.74) is 0.995. The summed E-state index contributed by atoms with van der Waals surface area (Å²) in [6.07, 6.45) is 1.40. The molecule has 0 aliphatic rings. The van der Waals surface area contributed by atoms with Gasteiger partial charge in [-0.15, -0.1) is 0 Å². The molecular weight excluding hydrogens is 332 g/mol. The molecule has 1 aromatic carbocycles. The zero-order valence-electron chi connectivity index (χ0n) is 9.96. The minimum atomic E-state index is -0.468. The van der Waals surface area contributed by atoms with Gasteiger partial charge in [0.25, 0.3) is 5.91 Å². The number of aryl methyl sites for hydroxylation is 1. The molecule has 0 saturated carbocycles. The molecule has 2 N–H and O–H groups in total. The first-order valence-corrected chi connectivity index (χ1v) is 6.60. The maximum atomic E-state index is 12.0. The van der Waals surface area contributed by atoms with Crippen LogP contribution in [0.2, 0.25) is 5.02 Å². The molecule has 0 aliphatic carbocycles. The third-order valence-electron chi connectivity index (χ3n) is 2.48. The van der Waals surface area contributed by atoms with E-state index < -0.39 is 5.91 Å². The molecule has 0 aliphatic heterocycles. The molecule has 2 rings (SSSR count). The Bertz CT molecular complexity index is 697. The van der Waals surface area contributed by atoms with E-state index in [-0.39, 0.29) is 11.0 Å². The zero-order chi connectivity index (χ0) is 14.0. The summed E-state index contributed by atoms with van der Waals surface area (Å²) in [5, 5.41) is 3.20. The number of H-pyrrole nitrogens is 1. The van der Waals surface area contributed by atoms with Crippen molar-refractivity contribution in [1.82, 2.24) is 4.98 Å². The Kier molecular flexibility index (Phi) is 4.07. The second-order valence-corrected chi connectivity index (χ2v) is 5.26. The number of aromatic amines is 1. The van der Waals surface area contributed by atoms with E-state index in [0.29, 0.717) is 20.9 Å². The number of pyridine rings is 1. The van der Waals surface area contributed by atoms with Crippen LogP contribution in [0.3, 0.4) is 0 Å². The highest BCUT2D eigenvalue weighted by atomic mass is 79.9. The molecule has 0 radical (unpaired) electrons. The Hall–Kier alpha value is -1.59. The lowest BCUT2D eigenvalue weighted by molar-refractivity contribution is 0.102. The summed E-state index contributed by atoms with van der Waals surface area (Å²) < 4.78 is 0.650. The number of rotatable bonds is 2. The Morgan fingerprint density at radius 2 is 2.11 bits per heavy atom. The van der Waals surface area contributed by atoms with Crippen molar-refractivity contribution in [2.75, 3.05) is 5.32 Å². The number of halogens is 2. The highest BCUT2D eigenvalue weighted by molar-refractivity contribution is 9.10. The fraction of sp³-hybridized carbons (Fsp3) is 0.0769. The monoisotopic (exact) mass is 340 g/mol. The third kappa shape index (κ3) is 3.24. The number of hydrogen-bond acceptors (Lipinski definition) is 2. The average Bonchev–Trinajstić information content (AvgIpc) is 2.32. The number of benzene rings is 1. The highest BCUT2D eigenvalue weighted by Crippen LogP contribution is 2.26. The van der Waals surface area contributed by atoms with Crippen LogP contribution in [0.4, 0.5) is 5.69 Å². The smallest absolute Gasteiger partial charge is 0.261 e. The fourth-order valence-electron chi connectivity index (χ4n) is 1.53. The van der Waals surface area contributed by atoms with E-state index in [2.05, 4.69) is 26.2 Å². The minimum Gasteiger partial charge on any atom is -0.364 e. The summed E-state index contributed by atoms with van der Waals surface area (Å²) in [6, 6.07) is 6.36. The van der Waals surface area contributed by atoms with Crippen LogP contribution in [0.25, 0.3) is 0 Å². The van der Waals surface area contributed by atoms with Gasteiger partial charge in [-0.3, -0.25) is 9.59 Å². The van der Waals surface area contributed by atoms with Gasteiger partial charge in [0, 0.05) is 27.5 Å². The van der Waals surface area contributed by atoms with Gasteiger partial charge >= 0.3 is 0 Å². The van der Waals surface area contributed by atoms with Crippen LogP contribution >= 0.6 is 27.5 Å². The average molecular weight is 342 g/mol. The van der Waals surface area contributed by atoms with Gasteiger partial charge in [-0.25, -0.2) is 0 Å². The van der Waals surface area contributed by atoms with Crippen molar-refractivity contribution in [3.8, 4) is 0 Å². The maximum absolute atomic E-state index is 12.0. The molecule has 0 saturated heterocycles. The van der Waals surface area contributed by atoms with Gasteiger partial charge in [-0.2, -0.15) is 0 Å². The maximum Gasteiger partial charge on any atom is 0.261 e. The second kappa shape index (κ2) is 5.59. The van der Waals surface area contributed by atoms with Crippen molar-refractivity contribution in [3.05, 3.63) is 61.4 Å². The third-order valence-corrected chi connectivity index (χ3v) is 3.37. The molecule has 0 bridgehead atoms. The van der Waals surface area contributed by atoms with E-state index in [0.717, 1.165) is 0 Å². The van der Waals surface area contributed by atoms with E-state index in [1.807, 2.05) is 0 Å². The summed E-state index contributed by atoms with van der Waals surface area (Å²) in [4.78, 5) is 26.5. The lowest BCUT2D eigenvalue weighted by Gasteiger charge is -2.07. The van der Waals surface area contributed by atoms with Crippen molar-refractivity contribution in [3.63, 3.8) is 0 Å². The van der Waals surface area contributed by atoms with Crippen LogP contribution in [0, 0.1) is 6.92 Å². The zero-order valence-corrected chi connectivity index (χ0v) is 12.3. The first-order valence-electron chi connectivity index (χ1n) is 5.43. The number of carbonyl (C=O) groups is 1. The summed E-state index contributed by atoms with van der Waals surface area (Å²) in [7, 11) is 0. The largest absolute Gasteiger partial charge is 0.364 e. The second-order valence-electron chi connectivity index (χ2n) is 3.97. The number of carbonyl (C=O) groups excluding carboxylic acids is 1. The number of hydrogen-bond donors (Lipinski definition) is 2. The normalized spacial score (nSPS) is 10.3. The molecule has 4 nitrogen and oxygen atoms in total. The van der Waals surface area contributed by atoms with Crippen LogP contribution in [-0.2, 0) is 0 Å². The van der Waals surface area contributed by atoms with Crippen LogP contribution in [0.5, 0.6) is 0 Å². The van der Waals surface area contributed by atoms with Crippen molar-refractivity contribution in [2.45, 2.75) is 6.92 Å². The summed E-state index contributed by atoms with van der Waals surface area (Å²) >= 11 is 9.11. The Morgan fingerprint density at radius 1 is 1.37 bits per heavy atom. The molecule has 0 spiro atoms. The molecule has 0 atom stereocenters. The van der Waals surface area contributed by atoms with Gasteiger partial charge in [-0.1, -0.05) is 11.6 Å². The summed E-state index contributed by atoms with van der Waals surface area (Å²) in [5.74, 6) is -0.468. The molecule has 19 heavy (non-hydrogen) atoms. The van der Waals surface area contributed by atoms with Gasteiger partial charge in [0.1, 0.15) is 5.56 Å². The highest BCUT2D eigenvalue weighted by Gasteiger charge is 2.12. The Balaban J connectivity index is 2.28. The van der Waals surface area contributed by atoms with E-state index in [9.17, 15) is 9.59 Å². The fourth-order valence-corrected chi connectivity index (χ4v) is 2.31. The number of aromatic nitrogens is 1. The minimum absolute atomic E-state index is 0.0625. The van der Waals surface area contributed by atoms with E-state index in [1.54, 1.807) is 25.1 Å². The van der Waals surface area contributed by atoms with Crippen LogP contribution in [0.1, 0.15) is 16.1 Å². The predicted molar refractivity (Wildman–Crippen MR) is 78.9 cm³/mol. The first-order chi connectivity index (χ1) is 8.97. The molecule has 98 valence electrons. The standard InChI is InChI=1S/C13H10BrClN2O2/c1-7-4-12(18)9(6-16-7)13(19)17-11-3-2-8(15)5-10(11)14/h2-6H,1H3,(H,16,18)(H,17,19). The Labute approximate surface area is 122 Å². The molecule has 1 heterocycles. The molecule has 0 fully saturated rings. The van der Waals surface area contributed by atoms with Crippen molar-refractivity contribution in [2.24, 2.45) is 0 Å². The number of amides is 1.